The SMILES string of the molecule is CC1C=CC(=O)NCCC(O)CC(N)C(=O)N1. The van der Waals surface area contributed by atoms with Gasteiger partial charge in [-0.25, -0.2) is 0 Å². The molecule has 6 nitrogen and oxygen atoms in total. The summed E-state index contributed by atoms with van der Waals surface area (Å²) in [5.41, 5.74) is 5.65. The van der Waals surface area contributed by atoms with Crippen LogP contribution in [0.1, 0.15) is 19.8 Å². The standard InChI is InChI=1S/C11H19N3O3/c1-7-2-3-10(16)13-5-4-8(15)6-9(12)11(17)14-7/h2-3,7-9,15H,4-6,12H2,1H3,(H,13,16)(H,14,17). The second-order valence-electron chi connectivity index (χ2n) is 4.23. The molecule has 0 saturated carbocycles. The predicted molar refractivity (Wildman–Crippen MR) is 63.0 cm³/mol. The first kappa shape index (κ1) is 13.7. The van der Waals surface area contributed by atoms with Crippen molar-refractivity contribution in [2.24, 2.45) is 5.73 Å². The van der Waals surface area contributed by atoms with Crippen LogP contribution in [0.3, 0.4) is 0 Å². The van der Waals surface area contributed by atoms with E-state index in [2.05, 4.69) is 10.6 Å². The molecule has 2 amide bonds. The molecule has 1 aliphatic rings. The van der Waals surface area contributed by atoms with Crippen LogP contribution in [0.5, 0.6) is 0 Å². The first-order valence-electron chi connectivity index (χ1n) is 5.69. The highest BCUT2D eigenvalue weighted by atomic mass is 16.3. The Balaban J connectivity index is 2.69. The maximum absolute atomic E-state index is 11.6. The molecule has 96 valence electrons. The molecule has 0 bridgehead atoms. The fourth-order valence-electron chi connectivity index (χ4n) is 1.55. The number of nitrogens with one attached hydrogen (secondary N) is 2. The fourth-order valence-corrected chi connectivity index (χ4v) is 1.55. The first-order chi connectivity index (χ1) is 7.99. The molecule has 0 fully saturated rings. The highest BCUT2D eigenvalue weighted by Crippen LogP contribution is 2.02. The molecule has 0 aromatic heterocycles. The molecule has 6 heteroatoms. The van der Waals surface area contributed by atoms with Gasteiger partial charge in [0.05, 0.1) is 12.1 Å². The van der Waals surface area contributed by atoms with Crippen LogP contribution in [0.2, 0.25) is 0 Å². The highest BCUT2D eigenvalue weighted by molar-refractivity contribution is 5.88. The van der Waals surface area contributed by atoms with Crippen molar-refractivity contribution in [3.63, 3.8) is 0 Å². The van der Waals surface area contributed by atoms with Crippen molar-refractivity contribution < 1.29 is 14.7 Å². The summed E-state index contributed by atoms with van der Waals surface area (Å²) in [5, 5.41) is 14.9. The van der Waals surface area contributed by atoms with E-state index in [-0.39, 0.29) is 24.3 Å². The lowest BCUT2D eigenvalue weighted by molar-refractivity contribution is -0.123. The van der Waals surface area contributed by atoms with Crippen molar-refractivity contribution in [2.75, 3.05) is 6.54 Å². The van der Waals surface area contributed by atoms with Gasteiger partial charge in [0.25, 0.3) is 0 Å². The third-order valence-electron chi connectivity index (χ3n) is 2.55. The Labute approximate surface area is 100 Å². The Morgan fingerprint density at radius 1 is 1.47 bits per heavy atom. The van der Waals surface area contributed by atoms with Crippen LogP contribution >= 0.6 is 0 Å². The smallest absolute Gasteiger partial charge is 0.243 e. The quantitative estimate of drug-likeness (QED) is 0.420. The summed E-state index contributed by atoms with van der Waals surface area (Å²) in [5.74, 6) is -0.551. The van der Waals surface area contributed by atoms with E-state index >= 15 is 0 Å². The van der Waals surface area contributed by atoms with E-state index in [9.17, 15) is 14.7 Å². The summed E-state index contributed by atoms with van der Waals surface area (Å²) in [6, 6.07) is -0.994. The van der Waals surface area contributed by atoms with E-state index in [0.717, 1.165) is 0 Å². The minimum absolute atomic E-state index is 0.193. The van der Waals surface area contributed by atoms with Crippen molar-refractivity contribution in [3.8, 4) is 0 Å². The summed E-state index contributed by atoms with van der Waals surface area (Å²) in [6.45, 7) is 2.11. The number of hydrogen-bond donors (Lipinski definition) is 4. The third kappa shape index (κ3) is 4.97. The minimum Gasteiger partial charge on any atom is -0.393 e. The third-order valence-corrected chi connectivity index (χ3v) is 2.55. The summed E-state index contributed by atoms with van der Waals surface area (Å²) in [7, 11) is 0. The molecule has 3 unspecified atom stereocenters. The zero-order chi connectivity index (χ0) is 12.8. The van der Waals surface area contributed by atoms with Crippen molar-refractivity contribution in [3.05, 3.63) is 12.2 Å². The van der Waals surface area contributed by atoms with Gasteiger partial charge in [-0.15, -0.1) is 0 Å². The average molecular weight is 241 g/mol. The zero-order valence-corrected chi connectivity index (χ0v) is 9.85. The van der Waals surface area contributed by atoms with Crippen LogP contribution in [0.15, 0.2) is 12.2 Å². The number of amides is 2. The van der Waals surface area contributed by atoms with Crippen molar-refractivity contribution in [1.82, 2.24) is 10.6 Å². The Bertz CT molecular complexity index is 317. The molecule has 0 aromatic rings. The molecular weight excluding hydrogens is 222 g/mol. The number of carbonyl (C=O) groups excluding carboxylic acids is 2. The molecule has 3 atom stereocenters. The molecular formula is C11H19N3O3. The van der Waals surface area contributed by atoms with Gasteiger partial charge in [0.15, 0.2) is 0 Å². The topological polar surface area (TPSA) is 104 Å². The van der Waals surface area contributed by atoms with Crippen LogP contribution in [-0.2, 0) is 9.59 Å². The van der Waals surface area contributed by atoms with Crippen molar-refractivity contribution >= 4 is 11.8 Å². The summed E-state index contributed by atoms with van der Waals surface area (Å²) < 4.78 is 0. The number of aliphatic hydroxyl groups excluding tert-OH is 1. The van der Waals surface area contributed by atoms with Gasteiger partial charge < -0.3 is 21.5 Å². The lowest BCUT2D eigenvalue weighted by Crippen LogP contribution is -2.46. The van der Waals surface area contributed by atoms with E-state index in [1.807, 2.05) is 0 Å². The molecule has 0 spiro atoms. The normalized spacial score (nSPS) is 32.1. The van der Waals surface area contributed by atoms with E-state index in [1.54, 1.807) is 13.0 Å². The predicted octanol–water partition coefficient (Wildman–Crippen LogP) is -1.35. The maximum atomic E-state index is 11.6. The van der Waals surface area contributed by atoms with Gasteiger partial charge >= 0.3 is 0 Å². The Morgan fingerprint density at radius 3 is 2.88 bits per heavy atom. The molecule has 0 aliphatic carbocycles. The summed E-state index contributed by atoms with van der Waals surface area (Å²) in [4.78, 5) is 22.9. The molecule has 1 aliphatic heterocycles. The van der Waals surface area contributed by atoms with Crippen LogP contribution in [-0.4, -0.2) is 41.7 Å². The highest BCUT2D eigenvalue weighted by Gasteiger charge is 2.19. The molecule has 1 rings (SSSR count). The molecule has 0 radical (unpaired) electrons. The summed E-state index contributed by atoms with van der Waals surface area (Å²) >= 11 is 0. The van der Waals surface area contributed by atoms with E-state index in [0.29, 0.717) is 13.0 Å². The van der Waals surface area contributed by atoms with Crippen LogP contribution in [0.25, 0.3) is 0 Å². The van der Waals surface area contributed by atoms with Gasteiger partial charge in [0.1, 0.15) is 0 Å². The molecule has 0 aromatic carbocycles. The maximum Gasteiger partial charge on any atom is 0.243 e. The van der Waals surface area contributed by atoms with Gasteiger partial charge in [0, 0.05) is 18.7 Å². The van der Waals surface area contributed by atoms with E-state index < -0.39 is 12.1 Å². The second-order valence-corrected chi connectivity index (χ2v) is 4.23. The summed E-state index contributed by atoms with van der Waals surface area (Å²) in [6.07, 6.45) is 2.85. The fraction of sp³-hybridized carbons (Fsp3) is 0.636. The second kappa shape index (κ2) is 6.36. The zero-order valence-electron chi connectivity index (χ0n) is 9.85. The largest absolute Gasteiger partial charge is 0.393 e. The molecule has 1 heterocycles. The van der Waals surface area contributed by atoms with E-state index in [4.69, 9.17) is 5.73 Å². The average Bonchev–Trinajstić information content (AvgIpc) is 2.25. The van der Waals surface area contributed by atoms with Gasteiger partial charge in [-0.05, 0) is 19.8 Å². The number of hydrogen-bond acceptors (Lipinski definition) is 4. The lowest BCUT2D eigenvalue weighted by Gasteiger charge is -2.19. The number of rotatable bonds is 0. The van der Waals surface area contributed by atoms with Crippen LogP contribution in [0.4, 0.5) is 0 Å². The first-order valence-corrected chi connectivity index (χ1v) is 5.69. The molecule has 5 N–H and O–H groups in total. The Kier molecular flexibility index (Phi) is 5.11. The van der Waals surface area contributed by atoms with Crippen LogP contribution in [0, 0.1) is 0 Å². The number of nitrogens with two attached hydrogens (primary N) is 1. The van der Waals surface area contributed by atoms with Crippen molar-refractivity contribution in [1.29, 1.82) is 0 Å². The van der Waals surface area contributed by atoms with Gasteiger partial charge in [-0.1, -0.05) is 6.08 Å². The monoisotopic (exact) mass is 241 g/mol. The molecule has 0 saturated heterocycles. The van der Waals surface area contributed by atoms with Gasteiger partial charge in [0.2, 0.25) is 11.8 Å². The Morgan fingerprint density at radius 2 is 2.18 bits per heavy atom. The number of aliphatic hydroxyl groups is 1. The Hall–Kier alpha value is -1.40. The van der Waals surface area contributed by atoms with Gasteiger partial charge in [-0.3, -0.25) is 9.59 Å². The van der Waals surface area contributed by atoms with E-state index in [1.165, 1.54) is 6.08 Å². The molecule has 17 heavy (non-hydrogen) atoms. The number of carbonyl (C=O) groups is 2. The van der Waals surface area contributed by atoms with Crippen molar-refractivity contribution in [2.45, 2.75) is 38.0 Å². The minimum atomic E-state index is -0.726. The van der Waals surface area contributed by atoms with Gasteiger partial charge in [-0.2, -0.15) is 0 Å². The lowest BCUT2D eigenvalue weighted by atomic mass is 10.1. The van der Waals surface area contributed by atoms with Crippen LogP contribution < -0.4 is 16.4 Å².